The first-order valence-electron chi connectivity index (χ1n) is 9.29. The van der Waals surface area contributed by atoms with Gasteiger partial charge in [0.15, 0.2) is 5.96 Å². The maximum Gasteiger partial charge on any atom is 0.194 e. The Kier molecular flexibility index (Phi) is 6.62. The molecule has 0 amide bonds. The minimum absolute atomic E-state index is 0.644. The van der Waals surface area contributed by atoms with Crippen LogP contribution in [0.4, 0.5) is 0 Å². The fraction of sp³-hybridized carbons (Fsp3) is 0.611. The van der Waals surface area contributed by atoms with Crippen molar-refractivity contribution < 1.29 is 4.52 Å². The molecule has 26 heavy (non-hydrogen) atoms. The lowest BCUT2D eigenvalue weighted by Gasteiger charge is -2.36. The van der Waals surface area contributed by atoms with E-state index in [1.54, 1.807) is 11.3 Å². The number of aliphatic imine (C=N–C) groups is 1. The van der Waals surface area contributed by atoms with Crippen LogP contribution >= 0.6 is 11.3 Å². The number of guanidine groups is 1. The van der Waals surface area contributed by atoms with Gasteiger partial charge in [0.05, 0.1) is 12.2 Å². The standard InChI is InChI=1S/C18H28N6OS/c1-4-16-11-20-17(26-16)12-21-18(19-5-2)24-8-6-23(7-9-24)13-15-10-14(3)25-22-15/h10-11H,4-9,12-13H2,1-3H3,(H,19,21). The van der Waals surface area contributed by atoms with Gasteiger partial charge in [-0.25, -0.2) is 9.98 Å². The van der Waals surface area contributed by atoms with Gasteiger partial charge in [-0.1, -0.05) is 12.1 Å². The zero-order valence-electron chi connectivity index (χ0n) is 15.9. The number of hydrogen-bond donors (Lipinski definition) is 1. The lowest BCUT2D eigenvalue weighted by atomic mass is 10.3. The molecular weight excluding hydrogens is 348 g/mol. The molecule has 2 aromatic heterocycles. The molecule has 0 aliphatic carbocycles. The number of rotatable bonds is 6. The summed E-state index contributed by atoms with van der Waals surface area (Å²) >= 11 is 1.75. The molecule has 0 aromatic carbocycles. The van der Waals surface area contributed by atoms with E-state index < -0.39 is 0 Å². The topological polar surface area (TPSA) is 69.8 Å². The monoisotopic (exact) mass is 376 g/mol. The van der Waals surface area contributed by atoms with Gasteiger partial charge < -0.3 is 14.7 Å². The zero-order valence-corrected chi connectivity index (χ0v) is 16.7. The number of nitrogens with zero attached hydrogens (tertiary/aromatic N) is 5. The highest BCUT2D eigenvalue weighted by Gasteiger charge is 2.20. The number of nitrogens with one attached hydrogen (secondary N) is 1. The molecule has 7 nitrogen and oxygen atoms in total. The van der Waals surface area contributed by atoms with Gasteiger partial charge in [0.2, 0.25) is 0 Å². The molecule has 8 heteroatoms. The van der Waals surface area contributed by atoms with E-state index in [2.05, 4.69) is 39.1 Å². The van der Waals surface area contributed by atoms with Crippen LogP contribution < -0.4 is 5.32 Å². The molecule has 3 rings (SSSR count). The highest BCUT2D eigenvalue weighted by atomic mass is 32.1. The summed E-state index contributed by atoms with van der Waals surface area (Å²) in [7, 11) is 0. The summed E-state index contributed by atoms with van der Waals surface area (Å²) in [6, 6.07) is 2.01. The van der Waals surface area contributed by atoms with Crippen LogP contribution in [0.5, 0.6) is 0 Å². The van der Waals surface area contributed by atoms with Crippen molar-refractivity contribution in [2.24, 2.45) is 4.99 Å². The first-order chi connectivity index (χ1) is 12.7. The Balaban J connectivity index is 1.54. The van der Waals surface area contributed by atoms with Crippen molar-refractivity contribution in [3.63, 3.8) is 0 Å². The van der Waals surface area contributed by atoms with E-state index in [1.807, 2.05) is 19.2 Å². The van der Waals surface area contributed by atoms with Gasteiger partial charge in [0.1, 0.15) is 10.8 Å². The zero-order chi connectivity index (χ0) is 18.4. The number of thiazole rings is 1. The largest absolute Gasteiger partial charge is 0.361 e. The molecule has 0 radical (unpaired) electrons. The van der Waals surface area contributed by atoms with Crippen molar-refractivity contribution in [2.45, 2.75) is 40.3 Å². The SMILES string of the molecule is CCNC(=NCc1ncc(CC)s1)N1CCN(Cc2cc(C)on2)CC1. The molecule has 0 unspecified atom stereocenters. The van der Waals surface area contributed by atoms with Crippen LogP contribution in [0.25, 0.3) is 0 Å². The van der Waals surface area contributed by atoms with Gasteiger partial charge >= 0.3 is 0 Å². The van der Waals surface area contributed by atoms with E-state index >= 15 is 0 Å². The lowest BCUT2D eigenvalue weighted by Crippen LogP contribution is -2.52. The van der Waals surface area contributed by atoms with Gasteiger partial charge in [-0.2, -0.15) is 0 Å². The van der Waals surface area contributed by atoms with Crippen LogP contribution in [-0.4, -0.2) is 58.6 Å². The molecule has 142 valence electrons. The van der Waals surface area contributed by atoms with E-state index in [0.29, 0.717) is 6.54 Å². The predicted molar refractivity (Wildman–Crippen MR) is 104 cm³/mol. The van der Waals surface area contributed by atoms with Crippen LogP contribution in [0, 0.1) is 6.92 Å². The predicted octanol–water partition coefficient (Wildman–Crippen LogP) is 2.29. The quantitative estimate of drug-likeness (QED) is 0.616. The summed E-state index contributed by atoms with van der Waals surface area (Å²) in [5.41, 5.74) is 1.01. The van der Waals surface area contributed by atoms with Gasteiger partial charge in [-0.3, -0.25) is 4.90 Å². The fourth-order valence-electron chi connectivity index (χ4n) is 2.99. The first-order valence-corrected chi connectivity index (χ1v) is 10.1. The molecule has 2 aromatic rings. The normalized spacial score (nSPS) is 16.3. The Morgan fingerprint density at radius 3 is 2.73 bits per heavy atom. The number of aromatic nitrogens is 2. The second-order valence-corrected chi connectivity index (χ2v) is 7.64. The molecule has 3 heterocycles. The molecule has 0 saturated carbocycles. The summed E-state index contributed by atoms with van der Waals surface area (Å²) in [6.07, 6.45) is 3.00. The van der Waals surface area contributed by atoms with E-state index in [1.165, 1.54) is 4.88 Å². The molecule has 1 aliphatic heterocycles. The van der Waals surface area contributed by atoms with Gasteiger partial charge in [0.25, 0.3) is 0 Å². The van der Waals surface area contributed by atoms with E-state index in [0.717, 1.165) is 68.1 Å². The summed E-state index contributed by atoms with van der Waals surface area (Å²) in [6.45, 7) is 12.5. The highest BCUT2D eigenvalue weighted by molar-refractivity contribution is 7.11. The van der Waals surface area contributed by atoms with Gasteiger partial charge in [-0.05, 0) is 20.3 Å². The van der Waals surface area contributed by atoms with Crippen LogP contribution in [0.1, 0.15) is 35.2 Å². The first kappa shape index (κ1) is 18.8. The maximum atomic E-state index is 5.16. The second kappa shape index (κ2) is 9.14. The number of hydrogen-bond acceptors (Lipinski definition) is 6. The number of aryl methyl sites for hydroxylation is 2. The highest BCUT2D eigenvalue weighted by Crippen LogP contribution is 2.15. The smallest absolute Gasteiger partial charge is 0.194 e. The molecule has 1 aliphatic rings. The Morgan fingerprint density at radius 1 is 1.31 bits per heavy atom. The Hall–Kier alpha value is -1.93. The van der Waals surface area contributed by atoms with Crippen molar-refractivity contribution in [2.75, 3.05) is 32.7 Å². The Labute approximate surface area is 159 Å². The van der Waals surface area contributed by atoms with Crippen molar-refractivity contribution >= 4 is 17.3 Å². The third-order valence-electron chi connectivity index (χ3n) is 4.38. The second-order valence-electron chi connectivity index (χ2n) is 6.44. The summed E-state index contributed by atoms with van der Waals surface area (Å²) in [5, 5.41) is 8.59. The van der Waals surface area contributed by atoms with Gasteiger partial charge in [-0.15, -0.1) is 11.3 Å². The summed E-state index contributed by atoms with van der Waals surface area (Å²) in [4.78, 5) is 15.3. The average Bonchev–Trinajstić information content (AvgIpc) is 3.28. The van der Waals surface area contributed by atoms with Crippen LogP contribution in [-0.2, 0) is 19.5 Å². The van der Waals surface area contributed by atoms with E-state index in [9.17, 15) is 0 Å². The van der Waals surface area contributed by atoms with E-state index in [-0.39, 0.29) is 0 Å². The van der Waals surface area contributed by atoms with Crippen molar-refractivity contribution in [1.82, 2.24) is 25.3 Å². The summed E-state index contributed by atoms with van der Waals surface area (Å²) in [5.74, 6) is 1.85. The molecular formula is C18H28N6OS. The lowest BCUT2D eigenvalue weighted by molar-refractivity contribution is 0.169. The molecule has 1 saturated heterocycles. The Morgan fingerprint density at radius 2 is 2.12 bits per heavy atom. The molecule has 1 fully saturated rings. The van der Waals surface area contributed by atoms with Gasteiger partial charge in [0, 0.05) is 56.4 Å². The molecule has 0 atom stereocenters. The van der Waals surface area contributed by atoms with Crippen LogP contribution in [0.15, 0.2) is 21.8 Å². The summed E-state index contributed by atoms with van der Waals surface area (Å²) < 4.78 is 5.16. The third-order valence-corrected chi connectivity index (χ3v) is 5.51. The Bertz CT molecular complexity index is 717. The maximum absolute atomic E-state index is 5.16. The average molecular weight is 377 g/mol. The van der Waals surface area contributed by atoms with E-state index in [4.69, 9.17) is 9.52 Å². The van der Waals surface area contributed by atoms with Crippen LogP contribution in [0.3, 0.4) is 0 Å². The number of piperazine rings is 1. The van der Waals surface area contributed by atoms with Crippen molar-refractivity contribution in [1.29, 1.82) is 0 Å². The van der Waals surface area contributed by atoms with Crippen LogP contribution in [0.2, 0.25) is 0 Å². The minimum atomic E-state index is 0.644. The molecule has 1 N–H and O–H groups in total. The fourth-order valence-corrected chi connectivity index (χ4v) is 3.78. The van der Waals surface area contributed by atoms with Crippen molar-refractivity contribution in [3.8, 4) is 0 Å². The van der Waals surface area contributed by atoms with Crippen molar-refractivity contribution in [3.05, 3.63) is 33.6 Å². The third kappa shape index (κ3) is 5.04. The molecule has 0 bridgehead atoms. The molecule has 0 spiro atoms. The minimum Gasteiger partial charge on any atom is -0.361 e.